The maximum atomic E-state index is 13.6. The first-order valence-electron chi connectivity index (χ1n) is 10.6. The van der Waals surface area contributed by atoms with E-state index in [4.69, 9.17) is 0 Å². The normalized spacial score (nSPS) is 12.4. The van der Waals surface area contributed by atoms with Gasteiger partial charge in [-0.1, -0.05) is 41.0 Å². The van der Waals surface area contributed by atoms with Gasteiger partial charge in [-0.05, 0) is 51.0 Å². The van der Waals surface area contributed by atoms with Crippen LogP contribution in [0.4, 0.5) is 26.3 Å². The number of carbonyl (C=O) groups is 2. The lowest BCUT2D eigenvalue weighted by atomic mass is 9.89. The van der Waals surface area contributed by atoms with E-state index >= 15 is 0 Å². The number of halogens is 6. The summed E-state index contributed by atoms with van der Waals surface area (Å²) in [5.41, 5.74) is -5.52. The van der Waals surface area contributed by atoms with E-state index < -0.39 is 48.2 Å². The Labute approximate surface area is 203 Å². The van der Waals surface area contributed by atoms with E-state index in [0.717, 1.165) is 0 Å². The standard InChI is InChI=1S/C26H20F6O3P/c1-13-14(2)20(22(33)17-9-6-5-7-10-17)16(4)23(15(13)3)36(35)24(34)21-18(25(27,28)29)11-8-12-19(21)26(30,31)32/h5-12H,1-4H3/q+1. The average molecular weight is 525 g/mol. The Morgan fingerprint density at radius 2 is 1.14 bits per heavy atom. The Kier molecular flexibility index (Phi) is 7.29. The fourth-order valence-corrected chi connectivity index (χ4v) is 5.70. The van der Waals surface area contributed by atoms with Gasteiger partial charge in [-0.2, -0.15) is 26.3 Å². The quantitative estimate of drug-likeness (QED) is 0.197. The molecule has 0 radical (unpaired) electrons. The topological polar surface area (TPSA) is 51.2 Å². The summed E-state index contributed by atoms with van der Waals surface area (Å²) >= 11 is 0. The summed E-state index contributed by atoms with van der Waals surface area (Å²) in [6.45, 7) is 6.05. The van der Waals surface area contributed by atoms with Crippen LogP contribution in [0, 0.1) is 27.7 Å². The van der Waals surface area contributed by atoms with Gasteiger partial charge in [0.1, 0.15) is 0 Å². The smallest absolute Gasteiger partial charge is 0.289 e. The molecule has 10 heteroatoms. The van der Waals surface area contributed by atoms with Gasteiger partial charge in [-0.25, -0.2) is 4.79 Å². The number of hydrogen-bond donors (Lipinski definition) is 0. The van der Waals surface area contributed by atoms with Crippen LogP contribution in [0.15, 0.2) is 48.5 Å². The van der Waals surface area contributed by atoms with Gasteiger partial charge in [0.2, 0.25) is 5.30 Å². The van der Waals surface area contributed by atoms with E-state index in [9.17, 15) is 40.5 Å². The summed E-state index contributed by atoms with van der Waals surface area (Å²) in [6.07, 6.45) is -10.6. The summed E-state index contributed by atoms with van der Waals surface area (Å²) in [5.74, 6) is -0.475. The Morgan fingerprint density at radius 1 is 0.639 bits per heavy atom. The summed E-state index contributed by atoms with van der Waals surface area (Å²) in [5, 5.41) is -0.248. The lowest BCUT2D eigenvalue weighted by Gasteiger charge is -2.17. The van der Waals surface area contributed by atoms with Gasteiger partial charge in [0.25, 0.3) is 0 Å². The van der Waals surface area contributed by atoms with E-state index in [0.29, 0.717) is 29.3 Å². The summed E-state index contributed by atoms with van der Waals surface area (Å²) in [7, 11) is -3.46. The zero-order valence-electron chi connectivity index (χ0n) is 19.6. The largest absolute Gasteiger partial charge is 0.459 e. The van der Waals surface area contributed by atoms with Crippen molar-refractivity contribution in [3.8, 4) is 0 Å². The molecule has 0 spiro atoms. The predicted molar refractivity (Wildman–Crippen MR) is 123 cm³/mol. The number of hydrogen-bond acceptors (Lipinski definition) is 3. The third-order valence-corrected chi connectivity index (χ3v) is 7.79. The third-order valence-electron chi connectivity index (χ3n) is 6.13. The van der Waals surface area contributed by atoms with Crippen molar-refractivity contribution in [1.82, 2.24) is 0 Å². The van der Waals surface area contributed by atoms with Gasteiger partial charge >= 0.3 is 25.7 Å². The number of carbonyl (C=O) groups excluding carboxylic acids is 2. The third kappa shape index (κ3) is 4.85. The highest BCUT2D eigenvalue weighted by atomic mass is 31.1. The van der Waals surface area contributed by atoms with Crippen molar-refractivity contribution in [2.75, 3.05) is 0 Å². The second-order valence-electron chi connectivity index (χ2n) is 8.24. The first-order chi connectivity index (χ1) is 16.6. The van der Waals surface area contributed by atoms with Crippen LogP contribution in [-0.2, 0) is 16.9 Å². The molecule has 3 aromatic rings. The van der Waals surface area contributed by atoms with Crippen LogP contribution in [-0.4, -0.2) is 11.3 Å². The van der Waals surface area contributed by atoms with Crippen molar-refractivity contribution in [2.45, 2.75) is 40.0 Å². The molecule has 0 aromatic heterocycles. The van der Waals surface area contributed by atoms with Gasteiger partial charge in [-0.3, -0.25) is 4.79 Å². The number of benzene rings is 3. The van der Waals surface area contributed by atoms with E-state index in [1.54, 1.807) is 32.0 Å². The van der Waals surface area contributed by atoms with Crippen LogP contribution >= 0.6 is 7.80 Å². The second kappa shape index (κ2) is 9.62. The minimum absolute atomic E-state index is 0.0666. The van der Waals surface area contributed by atoms with E-state index in [1.807, 2.05) is 0 Å². The predicted octanol–water partition coefficient (Wildman–Crippen LogP) is 7.48. The van der Waals surface area contributed by atoms with E-state index in [-0.39, 0.29) is 27.6 Å². The van der Waals surface area contributed by atoms with E-state index in [2.05, 4.69) is 0 Å². The second-order valence-corrected chi connectivity index (χ2v) is 9.68. The molecule has 0 aliphatic carbocycles. The van der Waals surface area contributed by atoms with Crippen LogP contribution in [0.5, 0.6) is 0 Å². The van der Waals surface area contributed by atoms with Gasteiger partial charge in [0.15, 0.2) is 5.78 Å². The van der Waals surface area contributed by atoms with Gasteiger partial charge in [-0.15, -0.1) is 0 Å². The molecule has 0 aliphatic rings. The molecule has 0 saturated carbocycles. The van der Waals surface area contributed by atoms with Gasteiger partial charge in [0.05, 0.1) is 16.7 Å². The number of alkyl halides is 6. The van der Waals surface area contributed by atoms with Crippen molar-refractivity contribution >= 4 is 24.4 Å². The Morgan fingerprint density at radius 3 is 1.61 bits per heavy atom. The van der Waals surface area contributed by atoms with Crippen LogP contribution in [0.25, 0.3) is 0 Å². The minimum Gasteiger partial charge on any atom is -0.289 e. The number of ketones is 1. The minimum atomic E-state index is -5.30. The van der Waals surface area contributed by atoms with Crippen molar-refractivity contribution < 1.29 is 40.5 Å². The number of rotatable bonds is 5. The Bertz CT molecular complexity index is 1360. The summed E-state index contributed by atoms with van der Waals surface area (Å²) < 4.78 is 95.2. The highest BCUT2D eigenvalue weighted by molar-refractivity contribution is 7.71. The Balaban J connectivity index is 2.29. The zero-order chi connectivity index (χ0) is 27.2. The molecule has 0 amide bonds. The van der Waals surface area contributed by atoms with Crippen molar-refractivity contribution in [1.29, 1.82) is 0 Å². The summed E-state index contributed by atoms with van der Waals surface area (Å²) in [4.78, 5) is 26.4. The van der Waals surface area contributed by atoms with Crippen LogP contribution in [0.1, 0.15) is 59.7 Å². The molecule has 1 unspecified atom stereocenters. The first kappa shape index (κ1) is 27.3. The molecule has 0 fully saturated rings. The molecular weight excluding hydrogens is 505 g/mol. The molecule has 0 heterocycles. The molecule has 0 N–H and O–H groups in total. The first-order valence-corrected chi connectivity index (χ1v) is 11.8. The molecule has 0 aliphatic heterocycles. The average Bonchev–Trinajstić information content (AvgIpc) is 2.81. The summed E-state index contributed by atoms with van der Waals surface area (Å²) in [6, 6.07) is 9.24. The van der Waals surface area contributed by atoms with Crippen molar-refractivity contribution in [2.24, 2.45) is 0 Å². The van der Waals surface area contributed by atoms with Crippen LogP contribution in [0.2, 0.25) is 0 Å². The molecule has 3 rings (SSSR count). The maximum absolute atomic E-state index is 13.6. The lowest BCUT2D eigenvalue weighted by molar-refractivity contribution is -0.143. The molecule has 0 saturated heterocycles. The molecule has 36 heavy (non-hydrogen) atoms. The van der Waals surface area contributed by atoms with Crippen molar-refractivity contribution in [3.05, 3.63) is 98.6 Å². The van der Waals surface area contributed by atoms with Gasteiger partial charge in [0, 0.05) is 22.3 Å². The monoisotopic (exact) mass is 525 g/mol. The molecule has 1 atom stereocenters. The molecular formula is C26H20F6O3P+. The fraction of sp³-hybridized carbons (Fsp3) is 0.231. The van der Waals surface area contributed by atoms with Crippen LogP contribution in [0.3, 0.4) is 0 Å². The highest BCUT2D eigenvalue weighted by Crippen LogP contribution is 2.44. The van der Waals surface area contributed by atoms with Gasteiger partial charge < -0.3 is 0 Å². The molecule has 0 bridgehead atoms. The molecule has 188 valence electrons. The van der Waals surface area contributed by atoms with Crippen LogP contribution < -0.4 is 5.30 Å². The molecule has 3 nitrogen and oxygen atoms in total. The zero-order valence-corrected chi connectivity index (χ0v) is 20.5. The highest BCUT2D eigenvalue weighted by Gasteiger charge is 2.49. The Hall–Kier alpha value is -3.32. The molecule has 3 aromatic carbocycles. The van der Waals surface area contributed by atoms with Crippen molar-refractivity contribution in [3.63, 3.8) is 0 Å². The fourth-order valence-electron chi connectivity index (χ4n) is 4.16. The SMILES string of the molecule is Cc1c(C)c(C(=O)c2ccccc2)c(C)c([P+](=O)C(=O)c2c(C(F)(F)F)cccc2C(F)(F)F)c1C. The van der Waals surface area contributed by atoms with E-state index in [1.165, 1.54) is 26.0 Å². The lowest BCUT2D eigenvalue weighted by Crippen LogP contribution is -2.23. The maximum Gasteiger partial charge on any atom is 0.459 e.